The SMILES string of the molecule is CCC(C)(C)C(=O)Nc1cc(F)cc(F)c1. The van der Waals surface area contributed by atoms with Crippen LogP contribution < -0.4 is 5.32 Å². The first-order chi connectivity index (χ1) is 7.35. The van der Waals surface area contributed by atoms with Crippen molar-refractivity contribution in [3.05, 3.63) is 29.8 Å². The molecular weight excluding hydrogens is 212 g/mol. The summed E-state index contributed by atoms with van der Waals surface area (Å²) in [7, 11) is 0. The molecule has 1 aromatic rings. The minimum atomic E-state index is -0.704. The van der Waals surface area contributed by atoms with Crippen LogP contribution in [0.15, 0.2) is 18.2 Å². The molecule has 0 bridgehead atoms. The van der Waals surface area contributed by atoms with Crippen molar-refractivity contribution >= 4 is 11.6 Å². The lowest BCUT2D eigenvalue weighted by atomic mass is 9.89. The maximum atomic E-state index is 12.9. The summed E-state index contributed by atoms with van der Waals surface area (Å²) in [4.78, 5) is 11.7. The first kappa shape index (κ1) is 12.6. The van der Waals surface area contributed by atoms with Gasteiger partial charge in [0.2, 0.25) is 5.91 Å². The van der Waals surface area contributed by atoms with Crippen molar-refractivity contribution in [1.29, 1.82) is 0 Å². The quantitative estimate of drug-likeness (QED) is 0.843. The van der Waals surface area contributed by atoms with Crippen LogP contribution in [0.1, 0.15) is 27.2 Å². The number of benzene rings is 1. The van der Waals surface area contributed by atoms with E-state index in [4.69, 9.17) is 0 Å². The fourth-order valence-electron chi connectivity index (χ4n) is 1.09. The highest BCUT2D eigenvalue weighted by molar-refractivity contribution is 5.94. The molecule has 0 radical (unpaired) electrons. The number of anilines is 1. The highest BCUT2D eigenvalue weighted by Gasteiger charge is 2.25. The second kappa shape index (κ2) is 4.60. The lowest BCUT2D eigenvalue weighted by molar-refractivity contribution is -0.124. The number of halogens is 2. The topological polar surface area (TPSA) is 29.1 Å². The summed E-state index contributed by atoms with van der Waals surface area (Å²) in [6.07, 6.45) is 0.649. The fraction of sp³-hybridized carbons (Fsp3) is 0.417. The lowest BCUT2D eigenvalue weighted by Gasteiger charge is -2.21. The Hall–Kier alpha value is -1.45. The Labute approximate surface area is 93.7 Å². The molecule has 0 fully saturated rings. The van der Waals surface area contributed by atoms with E-state index in [2.05, 4.69) is 5.32 Å². The van der Waals surface area contributed by atoms with Gasteiger partial charge < -0.3 is 5.32 Å². The van der Waals surface area contributed by atoms with Crippen molar-refractivity contribution < 1.29 is 13.6 Å². The zero-order valence-corrected chi connectivity index (χ0v) is 9.60. The average Bonchev–Trinajstić information content (AvgIpc) is 2.15. The second-order valence-corrected chi connectivity index (χ2v) is 4.35. The van der Waals surface area contributed by atoms with Crippen LogP contribution in [0.2, 0.25) is 0 Å². The van der Waals surface area contributed by atoms with E-state index >= 15 is 0 Å². The first-order valence-corrected chi connectivity index (χ1v) is 5.12. The Balaban J connectivity index is 2.85. The Morgan fingerprint density at radius 1 is 1.25 bits per heavy atom. The second-order valence-electron chi connectivity index (χ2n) is 4.35. The van der Waals surface area contributed by atoms with Gasteiger partial charge in [-0.15, -0.1) is 0 Å². The number of carbonyl (C=O) groups excluding carboxylic acids is 1. The standard InChI is InChI=1S/C12H15F2NO/c1-4-12(2,3)11(16)15-10-6-8(13)5-9(14)7-10/h5-7H,4H2,1-3H3,(H,15,16). The fourth-order valence-corrected chi connectivity index (χ4v) is 1.09. The largest absolute Gasteiger partial charge is 0.325 e. The summed E-state index contributed by atoms with van der Waals surface area (Å²) in [6.45, 7) is 5.43. The van der Waals surface area contributed by atoms with Gasteiger partial charge in [0.15, 0.2) is 0 Å². The van der Waals surface area contributed by atoms with Crippen LogP contribution in [-0.4, -0.2) is 5.91 Å². The molecule has 16 heavy (non-hydrogen) atoms. The van der Waals surface area contributed by atoms with Crippen LogP contribution in [0.25, 0.3) is 0 Å². The van der Waals surface area contributed by atoms with Gasteiger partial charge in [0.25, 0.3) is 0 Å². The van der Waals surface area contributed by atoms with Gasteiger partial charge in [-0.05, 0) is 18.6 Å². The van der Waals surface area contributed by atoms with E-state index < -0.39 is 17.0 Å². The van der Waals surface area contributed by atoms with Crippen molar-refractivity contribution in [3.63, 3.8) is 0 Å². The molecule has 1 aromatic carbocycles. The van der Waals surface area contributed by atoms with Gasteiger partial charge in [0.1, 0.15) is 11.6 Å². The summed E-state index contributed by atoms with van der Waals surface area (Å²) in [5.41, 5.74) is -0.410. The Bertz CT molecular complexity index is 382. The minimum Gasteiger partial charge on any atom is -0.325 e. The number of hydrogen-bond donors (Lipinski definition) is 1. The summed E-state index contributed by atoms with van der Waals surface area (Å²) in [5.74, 6) is -1.66. The molecule has 0 atom stereocenters. The highest BCUT2D eigenvalue weighted by Crippen LogP contribution is 2.22. The average molecular weight is 227 g/mol. The molecule has 0 saturated heterocycles. The zero-order chi connectivity index (χ0) is 12.3. The van der Waals surface area contributed by atoms with Gasteiger partial charge in [-0.2, -0.15) is 0 Å². The van der Waals surface area contributed by atoms with Crippen molar-refractivity contribution in [2.75, 3.05) is 5.32 Å². The number of rotatable bonds is 3. The third-order valence-electron chi connectivity index (χ3n) is 2.62. The minimum absolute atomic E-state index is 0.143. The molecule has 0 saturated carbocycles. The molecule has 1 amide bonds. The maximum Gasteiger partial charge on any atom is 0.230 e. The van der Waals surface area contributed by atoms with Crippen molar-refractivity contribution in [1.82, 2.24) is 0 Å². The molecule has 4 heteroatoms. The summed E-state index contributed by atoms with van der Waals surface area (Å²) in [6, 6.07) is 2.94. The van der Waals surface area contributed by atoms with E-state index in [1.807, 2.05) is 6.92 Å². The molecule has 0 aliphatic heterocycles. The van der Waals surface area contributed by atoms with E-state index in [0.29, 0.717) is 6.42 Å². The van der Waals surface area contributed by atoms with Crippen LogP contribution in [0, 0.1) is 17.0 Å². The molecule has 88 valence electrons. The number of hydrogen-bond acceptors (Lipinski definition) is 1. The lowest BCUT2D eigenvalue weighted by Crippen LogP contribution is -2.30. The molecular formula is C12H15F2NO. The van der Waals surface area contributed by atoms with Gasteiger partial charge in [-0.1, -0.05) is 20.8 Å². The molecule has 0 heterocycles. The van der Waals surface area contributed by atoms with Crippen LogP contribution in [0.4, 0.5) is 14.5 Å². The van der Waals surface area contributed by atoms with Gasteiger partial charge in [0, 0.05) is 17.2 Å². The maximum absolute atomic E-state index is 12.9. The number of nitrogens with one attached hydrogen (secondary N) is 1. The molecule has 0 unspecified atom stereocenters. The predicted molar refractivity (Wildman–Crippen MR) is 59.1 cm³/mol. The van der Waals surface area contributed by atoms with E-state index in [1.54, 1.807) is 13.8 Å². The van der Waals surface area contributed by atoms with E-state index in [0.717, 1.165) is 18.2 Å². The smallest absolute Gasteiger partial charge is 0.230 e. The Kier molecular flexibility index (Phi) is 3.62. The molecule has 0 aliphatic carbocycles. The van der Waals surface area contributed by atoms with E-state index in [-0.39, 0.29) is 11.6 Å². The first-order valence-electron chi connectivity index (χ1n) is 5.12. The van der Waals surface area contributed by atoms with Crippen LogP contribution in [0.3, 0.4) is 0 Å². The molecule has 0 aliphatic rings. The molecule has 2 nitrogen and oxygen atoms in total. The monoisotopic (exact) mass is 227 g/mol. The third kappa shape index (κ3) is 3.02. The van der Waals surface area contributed by atoms with E-state index in [1.165, 1.54) is 0 Å². The van der Waals surface area contributed by atoms with E-state index in [9.17, 15) is 13.6 Å². The van der Waals surface area contributed by atoms with Crippen molar-refractivity contribution in [3.8, 4) is 0 Å². The Morgan fingerprint density at radius 3 is 2.19 bits per heavy atom. The van der Waals surface area contributed by atoms with Crippen LogP contribution in [0.5, 0.6) is 0 Å². The van der Waals surface area contributed by atoms with Crippen molar-refractivity contribution in [2.45, 2.75) is 27.2 Å². The van der Waals surface area contributed by atoms with Crippen LogP contribution in [-0.2, 0) is 4.79 Å². The molecule has 0 aromatic heterocycles. The van der Waals surface area contributed by atoms with Gasteiger partial charge in [-0.25, -0.2) is 8.78 Å². The normalized spacial score (nSPS) is 11.3. The van der Waals surface area contributed by atoms with Gasteiger partial charge in [0.05, 0.1) is 0 Å². The summed E-state index contributed by atoms with van der Waals surface area (Å²) >= 11 is 0. The van der Waals surface area contributed by atoms with Crippen LogP contribution >= 0.6 is 0 Å². The predicted octanol–water partition coefficient (Wildman–Crippen LogP) is 3.34. The van der Waals surface area contributed by atoms with Crippen molar-refractivity contribution in [2.24, 2.45) is 5.41 Å². The summed E-state index contributed by atoms with van der Waals surface area (Å²) in [5, 5.41) is 2.50. The molecule has 0 spiro atoms. The molecule has 1 N–H and O–H groups in total. The Morgan fingerprint density at radius 2 is 1.75 bits per heavy atom. The zero-order valence-electron chi connectivity index (χ0n) is 9.60. The highest BCUT2D eigenvalue weighted by atomic mass is 19.1. The number of amides is 1. The summed E-state index contributed by atoms with van der Waals surface area (Å²) < 4.78 is 25.7. The van der Waals surface area contributed by atoms with Gasteiger partial charge in [-0.3, -0.25) is 4.79 Å². The number of carbonyl (C=O) groups is 1. The molecule has 1 rings (SSSR count). The van der Waals surface area contributed by atoms with Gasteiger partial charge >= 0.3 is 0 Å². The third-order valence-corrected chi connectivity index (χ3v) is 2.62.